The molecule has 1 fully saturated rings. The third-order valence-corrected chi connectivity index (χ3v) is 2.60. The fraction of sp³-hybridized carbons (Fsp3) is 0.900. The first-order valence-electron chi connectivity index (χ1n) is 5.12. The van der Waals surface area contributed by atoms with E-state index in [1.54, 1.807) is 0 Å². The van der Waals surface area contributed by atoms with Crippen LogP contribution in [0.4, 0.5) is 8.78 Å². The average molecular weight is 202 g/mol. The highest BCUT2D eigenvalue weighted by Crippen LogP contribution is 2.16. The molecule has 4 heteroatoms. The summed E-state index contributed by atoms with van der Waals surface area (Å²) in [5.74, 6) is 0.0372. The first-order chi connectivity index (χ1) is 6.72. The lowest BCUT2D eigenvalue weighted by molar-refractivity contribution is 0.115. The van der Waals surface area contributed by atoms with Crippen LogP contribution in [0.3, 0.4) is 0 Å². The molecule has 0 saturated carbocycles. The fourth-order valence-electron chi connectivity index (χ4n) is 1.81. The van der Waals surface area contributed by atoms with Gasteiger partial charge < -0.3 is 4.90 Å². The first kappa shape index (κ1) is 11.4. The Morgan fingerprint density at radius 1 is 1.43 bits per heavy atom. The number of alkyl halides is 2. The van der Waals surface area contributed by atoms with Crippen LogP contribution in [0.1, 0.15) is 25.7 Å². The van der Waals surface area contributed by atoms with Crippen molar-refractivity contribution in [2.45, 2.75) is 32.1 Å². The molecular weight excluding hydrogens is 186 g/mol. The lowest BCUT2D eigenvalue weighted by Gasteiger charge is -2.20. The Morgan fingerprint density at radius 3 is 2.86 bits per heavy atom. The van der Waals surface area contributed by atoms with E-state index >= 15 is 0 Å². The van der Waals surface area contributed by atoms with E-state index < -0.39 is 6.43 Å². The van der Waals surface area contributed by atoms with Crippen LogP contribution in [0.25, 0.3) is 0 Å². The minimum atomic E-state index is -2.22. The summed E-state index contributed by atoms with van der Waals surface area (Å²) in [6.07, 6.45) is 0.698. The third-order valence-electron chi connectivity index (χ3n) is 2.60. The topological polar surface area (TPSA) is 27.0 Å². The van der Waals surface area contributed by atoms with Crippen LogP contribution in [0.2, 0.25) is 0 Å². The maximum Gasteiger partial charge on any atom is 0.239 e. The van der Waals surface area contributed by atoms with E-state index in [2.05, 4.69) is 6.07 Å². The number of nitriles is 1. The van der Waals surface area contributed by atoms with Crippen molar-refractivity contribution in [1.82, 2.24) is 4.90 Å². The molecular formula is C10H16F2N2. The van der Waals surface area contributed by atoms with Crippen LogP contribution < -0.4 is 0 Å². The molecule has 1 saturated heterocycles. The first-order valence-corrected chi connectivity index (χ1v) is 5.12. The molecule has 0 aromatic carbocycles. The van der Waals surface area contributed by atoms with Crippen molar-refractivity contribution in [1.29, 1.82) is 5.26 Å². The molecule has 0 bridgehead atoms. The molecule has 0 aromatic rings. The van der Waals surface area contributed by atoms with Gasteiger partial charge in [0.2, 0.25) is 6.43 Å². The summed E-state index contributed by atoms with van der Waals surface area (Å²) in [7, 11) is 0. The zero-order valence-electron chi connectivity index (χ0n) is 8.25. The van der Waals surface area contributed by atoms with E-state index in [4.69, 9.17) is 5.26 Å². The highest BCUT2D eigenvalue weighted by molar-refractivity contribution is 4.87. The molecule has 1 rings (SSSR count). The van der Waals surface area contributed by atoms with Crippen molar-refractivity contribution in [3.8, 4) is 6.07 Å². The maximum atomic E-state index is 12.0. The lowest BCUT2D eigenvalue weighted by Crippen LogP contribution is -2.30. The molecule has 0 amide bonds. The van der Waals surface area contributed by atoms with Gasteiger partial charge in [0.05, 0.1) is 12.0 Å². The van der Waals surface area contributed by atoms with E-state index in [-0.39, 0.29) is 12.3 Å². The van der Waals surface area contributed by atoms with Crippen molar-refractivity contribution in [2.24, 2.45) is 5.92 Å². The van der Waals surface area contributed by atoms with Crippen molar-refractivity contribution in [3.05, 3.63) is 0 Å². The Kier molecular flexibility index (Phi) is 4.81. The van der Waals surface area contributed by atoms with Crippen LogP contribution in [-0.2, 0) is 0 Å². The summed E-state index contributed by atoms with van der Waals surface area (Å²) < 4.78 is 24.0. The van der Waals surface area contributed by atoms with Gasteiger partial charge in [-0.05, 0) is 19.4 Å². The minimum Gasteiger partial charge on any atom is -0.302 e. The average Bonchev–Trinajstić information content (AvgIpc) is 2.39. The second kappa shape index (κ2) is 5.92. The van der Waals surface area contributed by atoms with E-state index in [0.29, 0.717) is 13.1 Å². The quantitative estimate of drug-likeness (QED) is 0.702. The van der Waals surface area contributed by atoms with Gasteiger partial charge in [-0.2, -0.15) is 5.26 Å². The van der Waals surface area contributed by atoms with Crippen molar-refractivity contribution in [2.75, 3.05) is 19.6 Å². The molecule has 1 heterocycles. The van der Waals surface area contributed by atoms with Gasteiger partial charge in [-0.25, -0.2) is 8.78 Å². The number of nitrogens with zero attached hydrogens (tertiary/aromatic N) is 2. The fourth-order valence-corrected chi connectivity index (χ4v) is 1.81. The number of hydrogen-bond donors (Lipinski definition) is 0. The van der Waals surface area contributed by atoms with Gasteiger partial charge in [0.25, 0.3) is 0 Å². The smallest absolute Gasteiger partial charge is 0.239 e. The number of likely N-dealkylation sites (tertiary alicyclic amines) is 1. The second-order valence-electron chi connectivity index (χ2n) is 3.80. The third kappa shape index (κ3) is 4.01. The van der Waals surface area contributed by atoms with Crippen molar-refractivity contribution >= 4 is 0 Å². The SMILES string of the molecule is N#CC1CCCCN(CCC(F)F)C1. The summed E-state index contributed by atoms with van der Waals surface area (Å²) in [5, 5.41) is 8.79. The number of rotatable bonds is 3. The second-order valence-corrected chi connectivity index (χ2v) is 3.80. The van der Waals surface area contributed by atoms with Gasteiger partial charge >= 0.3 is 0 Å². The molecule has 14 heavy (non-hydrogen) atoms. The van der Waals surface area contributed by atoms with Crippen molar-refractivity contribution < 1.29 is 8.78 Å². The zero-order chi connectivity index (χ0) is 10.4. The highest BCUT2D eigenvalue weighted by Gasteiger charge is 2.18. The van der Waals surface area contributed by atoms with Gasteiger partial charge in [-0.3, -0.25) is 0 Å². The van der Waals surface area contributed by atoms with Gasteiger partial charge in [-0.1, -0.05) is 6.42 Å². The van der Waals surface area contributed by atoms with Gasteiger partial charge in [0, 0.05) is 19.5 Å². The summed E-state index contributed by atoms with van der Waals surface area (Å²) in [6.45, 7) is 1.96. The number of halogens is 2. The standard InChI is InChI=1S/C10H16F2N2/c11-10(12)4-6-14-5-2-1-3-9(7-13)8-14/h9-10H,1-6,8H2. The maximum absolute atomic E-state index is 12.0. The van der Waals surface area contributed by atoms with E-state index in [0.717, 1.165) is 25.8 Å². The predicted octanol–water partition coefficient (Wildman–Crippen LogP) is 2.27. The molecule has 1 unspecified atom stereocenters. The summed E-state index contributed by atoms with van der Waals surface area (Å²) in [6, 6.07) is 2.23. The molecule has 0 spiro atoms. The molecule has 1 aliphatic rings. The molecule has 0 radical (unpaired) electrons. The molecule has 1 aliphatic heterocycles. The summed E-state index contributed by atoms with van der Waals surface area (Å²) in [5.41, 5.74) is 0. The monoisotopic (exact) mass is 202 g/mol. The molecule has 2 nitrogen and oxygen atoms in total. The molecule has 0 aliphatic carbocycles. The van der Waals surface area contributed by atoms with Crippen LogP contribution in [0.15, 0.2) is 0 Å². The number of hydrogen-bond acceptors (Lipinski definition) is 2. The Labute approximate surface area is 83.5 Å². The lowest BCUT2D eigenvalue weighted by atomic mass is 10.1. The van der Waals surface area contributed by atoms with E-state index in [1.807, 2.05) is 4.90 Å². The molecule has 80 valence electrons. The Hall–Kier alpha value is -0.690. The Balaban J connectivity index is 2.32. The molecule has 0 aromatic heterocycles. The van der Waals surface area contributed by atoms with Crippen LogP contribution in [-0.4, -0.2) is 31.0 Å². The predicted molar refractivity (Wildman–Crippen MR) is 50.0 cm³/mol. The van der Waals surface area contributed by atoms with E-state index in [1.165, 1.54) is 0 Å². The van der Waals surface area contributed by atoms with Gasteiger partial charge in [0.1, 0.15) is 0 Å². The van der Waals surface area contributed by atoms with Crippen LogP contribution >= 0.6 is 0 Å². The Bertz CT molecular complexity index is 201. The minimum absolute atomic E-state index is 0.0372. The Morgan fingerprint density at radius 2 is 2.21 bits per heavy atom. The summed E-state index contributed by atoms with van der Waals surface area (Å²) >= 11 is 0. The molecule has 0 N–H and O–H groups in total. The van der Waals surface area contributed by atoms with Gasteiger partial charge in [0.15, 0.2) is 0 Å². The highest BCUT2D eigenvalue weighted by atomic mass is 19.3. The normalized spacial score (nSPS) is 24.6. The van der Waals surface area contributed by atoms with E-state index in [9.17, 15) is 8.78 Å². The summed E-state index contributed by atoms with van der Waals surface area (Å²) in [4.78, 5) is 1.99. The van der Waals surface area contributed by atoms with Crippen LogP contribution in [0, 0.1) is 17.2 Å². The van der Waals surface area contributed by atoms with Gasteiger partial charge in [-0.15, -0.1) is 0 Å². The zero-order valence-corrected chi connectivity index (χ0v) is 8.25. The van der Waals surface area contributed by atoms with Crippen molar-refractivity contribution in [3.63, 3.8) is 0 Å². The molecule has 1 atom stereocenters. The van der Waals surface area contributed by atoms with Crippen LogP contribution in [0.5, 0.6) is 0 Å². The largest absolute Gasteiger partial charge is 0.302 e.